The fraction of sp³-hybridized carbons (Fsp3) is 0.593. The normalized spacial score (nSPS) is 27.5. The molecule has 0 saturated carbocycles. The Balaban J connectivity index is 1.12. The molecule has 1 aliphatic carbocycles. The number of nitrogens with one attached hydrogen (secondary N) is 1. The van der Waals surface area contributed by atoms with E-state index >= 15 is 0 Å². The van der Waals surface area contributed by atoms with Gasteiger partial charge in [0.15, 0.2) is 0 Å². The molecule has 12 heteroatoms. The number of carbonyl (C=O) groups excluding carboxylic acids is 1. The van der Waals surface area contributed by atoms with Crippen molar-refractivity contribution in [3.05, 3.63) is 63.3 Å². The molecule has 1 amide bonds. The van der Waals surface area contributed by atoms with Crippen molar-refractivity contribution in [1.82, 2.24) is 24.7 Å². The summed E-state index contributed by atoms with van der Waals surface area (Å²) in [6.07, 6.45) is 0.289. The van der Waals surface area contributed by atoms with Gasteiger partial charge in [-0.3, -0.25) is 24.4 Å². The monoisotopic (exact) mass is 563 g/mol. The molecule has 3 unspecified atom stereocenters. The van der Waals surface area contributed by atoms with Crippen LogP contribution in [-0.4, -0.2) is 82.0 Å². The molecule has 39 heavy (non-hydrogen) atoms. The van der Waals surface area contributed by atoms with Crippen LogP contribution >= 0.6 is 11.8 Å². The number of alkyl halides is 3. The van der Waals surface area contributed by atoms with Crippen LogP contribution in [0.4, 0.5) is 13.2 Å². The maximum absolute atomic E-state index is 13.2. The van der Waals surface area contributed by atoms with Crippen LogP contribution in [0.25, 0.3) is 0 Å². The van der Waals surface area contributed by atoms with Gasteiger partial charge < -0.3 is 14.6 Å². The number of pyridine rings is 2. The summed E-state index contributed by atoms with van der Waals surface area (Å²) in [4.78, 5) is 34.3. The van der Waals surface area contributed by atoms with Crippen LogP contribution in [0.5, 0.6) is 0 Å². The number of halogens is 3. The molecule has 6 rings (SSSR count). The fourth-order valence-corrected chi connectivity index (χ4v) is 7.89. The minimum Gasteiger partial charge on any atom is -0.380 e. The number of nitrogens with zero attached hydrogens (tertiary/aromatic N) is 4. The number of ether oxygens (including phenoxy) is 1. The highest BCUT2D eigenvalue weighted by molar-refractivity contribution is 8.00. The quantitative estimate of drug-likeness (QED) is 0.579. The van der Waals surface area contributed by atoms with E-state index in [1.165, 1.54) is 10.1 Å². The summed E-state index contributed by atoms with van der Waals surface area (Å²) < 4.78 is 46.7. The SMILES string of the molecule is O=C(CN1CCn2c(cc(C(F)(F)F)cc2=O)C1)NC1CN(C2CCOC2)C[C@@H]1SC1CCc2cccnc21. The van der Waals surface area contributed by atoms with Crippen LogP contribution in [0, 0.1) is 0 Å². The molecule has 2 aromatic heterocycles. The van der Waals surface area contributed by atoms with Gasteiger partial charge in [0.05, 0.1) is 30.5 Å². The third-order valence-corrected chi connectivity index (χ3v) is 9.86. The lowest BCUT2D eigenvalue weighted by Gasteiger charge is -2.30. The van der Waals surface area contributed by atoms with Gasteiger partial charge in [0.2, 0.25) is 5.91 Å². The largest absolute Gasteiger partial charge is 0.416 e. The number of aryl methyl sites for hydroxylation is 1. The fourth-order valence-electron chi connectivity index (χ4n) is 6.25. The number of carbonyl (C=O) groups is 1. The average molecular weight is 564 g/mol. The molecule has 0 spiro atoms. The standard InChI is InChI=1S/C27H32F3N5O3S/c28-27(29,30)18-10-20-12-33(7-8-35(20)25(37)11-18)15-24(36)32-21-13-34(19-5-9-38-16-19)14-23(21)39-22-4-3-17-2-1-6-31-26(17)22/h1-2,6,10-11,19,21-23H,3-5,7-9,12-16H2,(H,32,36)/t19?,21?,22?,23-/m0/s1. The zero-order valence-corrected chi connectivity index (χ0v) is 22.3. The molecular formula is C27H32F3N5O3S. The third kappa shape index (κ3) is 5.75. The summed E-state index contributed by atoms with van der Waals surface area (Å²) in [5.74, 6) is -0.150. The van der Waals surface area contributed by atoms with Crippen molar-refractivity contribution in [3.8, 4) is 0 Å². The number of amides is 1. The summed E-state index contributed by atoms with van der Waals surface area (Å²) in [6, 6.07) is 6.08. The van der Waals surface area contributed by atoms with Crippen molar-refractivity contribution in [1.29, 1.82) is 0 Å². The van der Waals surface area contributed by atoms with Crippen molar-refractivity contribution in [2.24, 2.45) is 0 Å². The van der Waals surface area contributed by atoms with Crippen molar-refractivity contribution < 1.29 is 22.7 Å². The highest BCUT2D eigenvalue weighted by Crippen LogP contribution is 2.44. The van der Waals surface area contributed by atoms with Crippen molar-refractivity contribution >= 4 is 17.7 Å². The van der Waals surface area contributed by atoms with E-state index in [2.05, 4.69) is 21.3 Å². The molecule has 0 bridgehead atoms. The molecular weight excluding hydrogens is 531 g/mol. The first-order valence-electron chi connectivity index (χ1n) is 13.5. The minimum absolute atomic E-state index is 0.0487. The van der Waals surface area contributed by atoms with E-state index in [0.717, 1.165) is 50.7 Å². The van der Waals surface area contributed by atoms with Crippen LogP contribution in [0.1, 0.15) is 40.6 Å². The molecule has 2 aromatic rings. The zero-order valence-electron chi connectivity index (χ0n) is 21.5. The summed E-state index contributed by atoms with van der Waals surface area (Å²) in [5, 5.41) is 3.74. The van der Waals surface area contributed by atoms with E-state index in [0.29, 0.717) is 30.5 Å². The Hall–Kier alpha value is -2.41. The van der Waals surface area contributed by atoms with Gasteiger partial charge in [0.1, 0.15) is 0 Å². The molecule has 1 N–H and O–H groups in total. The first kappa shape index (κ1) is 26.8. The summed E-state index contributed by atoms with van der Waals surface area (Å²) in [6.45, 7) is 3.93. The van der Waals surface area contributed by atoms with Gasteiger partial charge in [-0.15, -0.1) is 11.8 Å². The second kappa shape index (κ2) is 10.9. The van der Waals surface area contributed by atoms with Crippen molar-refractivity contribution in [2.75, 3.05) is 39.4 Å². The van der Waals surface area contributed by atoms with Gasteiger partial charge in [-0.2, -0.15) is 13.2 Å². The van der Waals surface area contributed by atoms with Gasteiger partial charge in [-0.1, -0.05) is 6.07 Å². The second-order valence-corrected chi connectivity index (χ2v) is 12.3. The third-order valence-electron chi connectivity index (χ3n) is 8.24. The Morgan fingerprint density at radius 1 is 1.21 bits per heavy atom. The lowest BCUT2D eigenvalue weighted by molar-refractivity contribution is -0.138. The minimum atomic E-state index is -4.59. The topological polar surface area (TPSA) is 79.7 Å². The molecule has 4 aliphatic rings. The molecule has 3 aliphatic heterocycles. The molecule has 5 heterocycles. The molecule has 210 valence electrons. The highest BCUT2D eigenvalue weighted by Gasteiger charge is 2.41. The van der Waals surface area contributed by atoms with Crippen molar-refractivity contribution in [3.63, 3.8) is 0 Å². The highest BCUT2D eigenvalue weighted by atomic mass is 32.2. The maximum Gasteiger partial charge on any atom is 0.416 e. The lowest BCUT2D eigenvalue weighted by Crippen LogP contribution is -2.48. The smallest absolute Gasteiger partial charge is 0.380 e. The van der Waals surface area contributed by atoms with E-state index in [1.807, 2.05) is 24.0 Å². The summed E-state index contributed by atoms with van der Waals surface area (Å²) >= 11 is 1.89. The molecule has 0 radical (unpaired) electrons. The van der Waals surface area contributed by atoms with E-state index in [9.17, 15) is 22.8 Å². The van der Waals surface area contributed by atoms with Gasteiger partial charge in [0.25, 0.3) is 5.56 Å². The van der Waals surface area contributed by atoms with Crippen LogP contribution in [0.3, 0.4) is 0 Å². The average Bonchev–Trinajstić information content (AvgIpc) is 3.65. The predicted molar refractivity (Wildman–Crippen MR) is 140 cm³/mol. The maximum atomic E-state index is 13.2. The predicted octanol–water partition coefficient (Wildman–Crippen LogP) is 2.46. The first-order chi connectivity index (χ1) is 18.7. The summed E-state index contributed by atoms with van der Waals surface area (Å²) in [7, 11) is 0. The number of aromatic nitrogens is 2. The molecule has 4 atom stereocenters. The van der Waals surface area contributed by atoms with Crippen LogP contribution in [-0.2, 0) is 35.2 Å². The van der Waals surface area contributed by atoms with Gasteiger partial charge in [0, 0.05) is 73.8 Å². The van der Waals surface area contributed by atoms with Crippen LogP contribution in [0.15, 0.2) is 35.3 Å². The Labute approximate surface area is 228 Å². The van der Waals surface area contributed by atoms with Gasteiger partial charge in [-0.25, -0.2) is 0 Å². The number of rotatable bonds is 6. The number of likely N-dealkylation sites (tertiary alicyclic amines) is 1. The Kier molecular flexibility index (Phi) is 7.47. The van der Waals surface area contributed by atoms with E-state index < -0.39 is 17.3 Å². The van der Waals surface area contributed by atoms with E-state index in [-0.39, 0.29) is 42.5 Å². The van der Waals surface area contributed by atoms with Crippen LogP contribution < -0.4 is 10.9 Å². The van der Waals surface area contributed by atoms with E-state index in [4.69, 9.17) is 4.74 Å². The number of fused-ring (bicyclic) bond motifs is 2. The van der Waals surface area contributed by atoms with Crippen molar-refractivity contribution in [2.45, 2.75) is 61.1 Å². The Bertz CT molecular complexity index is 1280. The zero-order chi connectivity index (χ0) is 27.1. The number of thioether (sulfide) groups is 1. The van der Waals surface area contributed by atoms with Crippen LogP contribution in [0.2, 0.25) is 0 Å². The number of hydrogen-bond acceptors (Lipinski definition) is 7. The molecule has 0 aromatic carbocycles. The van der Waals surface area contributed by atoms with Gasteiger partial charge >= 0.3 is 6.18 Å². The number of hydrogen-bond donors (Lipinski definition) is 1. The van der Waals surface area contributed by atoms with E-state index in [1.54, 1.807) is 4.90 Å². The lowest BCUT2D eigenvalue weighted by atomic mass is 10.1. The second-order valence-electron chi connectivity index (χ2n) is 10.8. The molecule has 8 nitrogen and oxygen atoms in total. The Morgan fingerprint density at radius 3 is 2.87 bits per heavy atom. The molecule has 2 saturated heterocycles. The summed E-state index contributed by atoms with van der Waals surface area (Å²) in [5.41, 5.74) is 1.12. The molecule has 2 fully saturated rings. The first-order valence-corrected chi connectivity index (χ1v) is 14.4. The van der Waals surface area contributed by atoms with Gasteiger partial charge in [-0.05, 0) is 37.0 Å². The Morgan fingerprint density at radius 2 is 2.08 bits per heavy atom.